The molecule has 41 heavy (non-hydrogen) atoms. The molecule has 0 unspecified atom stereocenters. The number of likely N-dealkylation sites (tertiary alicyclic amines) is 1. The molecule has 0 radical (unpaired) electrons. The van der Waals surface area contributed by atoms with Crippen molar-refractivity contribution in [1.82, 2.24) is 15.2 Å². The summed E-state index contributed by atoms with van der Waals surface area (Å²) in [6.07, 6.45) is 4.74. The molecule has 6 rings (SSSR count). The Labute approximate surface area is 239 Å². The summed E-state index contributed by atoms with van der Waals surface area (Å²) in [7, 11) is 1.77. The average molecular weight is 563 g/mol. The number of methoxy groups -OCH3 is 1. The summed E-state index contributed by atoms with van der Waals surface area (Å²) in [5.74, 6) is -1.30. The van der Waals surface area contributed by atoms with E-state index in [2.05, 4.69) is 27.3 Å². The van der Waals surface area contributed by atoms with Gasteiger partial charge in [-0.2, -0.15) is 4.39 Å². The van der Waals surface area contributed by atoms with Crippen molar-refractivity contribution in [3.05, 3.63) is 70.4 Å². The zero-order chi connectivity index (χ0) is 28.5. The van der Waals surface area contributed by atoms with E-state index in [1.807, 2.05) is 6.07 Å². The number of hydrogen-bond donors (Lipinski definition) is 2. The standard InChI is InChI=1S/C32H36F2N4O3/c1-40-23-5-10-38(11-6-23)18-22-14-20(2-3-24(22)19-7-12-41-13-8-19)25-16-28(31(35)37-30(25)34)27-15-21-4-9-36-32(39)26(21)17-29(27)33/h2-3,14-17,19,23H,4-13,18H2,1H3,(H2,35,37)(H,36,39). The van der Waals surface area contributed by atoms with Crippen molar-refractivity contribution in [2.24, 2.45) is 0 Å². The molecule has 0 saturated carbocycles. The quantitative estimate of drug-likeness (QED) is 0.408. The molecular formula is C32H36F2N4O3. The van der Waals surface area contributed by atoms with Crippen LogP contribution in [0, 0.1) is 11.8 Å². The Morgan fingerprint density at radius 3 is 2.56 bits per heavy atom. The summed E-state index contributed by atoms with van der Waals surface area (Å²) in [5, 5.41) is 2.73. The number of carbonyl (C=O) groups excluding carboxylic acids is 1. The maximum absolute atomic E-state index is 15.4. The number of halogens is 2. The van der Waals surface area contributed by atoms with Gasteiger partial charge >= 0.3 is 0 Å². The number of fused-ring (bicyclic) bond motifs is 1. The number of benzene rings is 2. The second-order valence-corrected chi connectivity index (χ2v) is 11.3. The molecule has 3 N–H and O–H groups in total. The first-order valence-electron chi connectivity index (χ1n) is 14.4. The van der Waals surface area contributed by atoms with Crippen LogP contribution in [0.4, 0.5) is 14.6 Å². The van der Waals surface area contributed by atoms with Crippen LogP contribution in [0.5, 0.6) is 0 Å². The Hall–Kier alpha value is -3.40. The Morgan fingerprint density at radius 2 is 1.80 bits per heavy atom. The van der Waals surface area contributed by atoms with Crippen molar-refractivity contribution in [3.8, 4) is 22.3 Å². The van der Waals surface area contributed by atoms with Gasteiger partial charge in [0.05, 0.1) is 6.10 Å². The number of nitrogens with one attached hydrogen (secondary N) is 1. The molecular weight excluding hydrogens is 526 g/mol. The lowest BCUT2D eigenvalue weighted by Crippen LogP contribution is -2.36. The number of rotatable bonds is 6. The molecule has 2 fully saturated rings. The van der Waals surface area contributed by atoms with E-state index in [9.17, 15) is 4.79 Å². The average Bonchev–Trinajstić information content (AvgIpc) is 2.98. The first kappa shape index (κ1) is 27.8. The third kappa shape index (κ3) is 5.71. The molecule has 1 amide bonds. The summed E-state index contributed by atoms with van der Waals surface area (Å²) in [5.41, 5.74) is 11.1. The molecule has 9 heteroatoms. The van der Waals surface area contributed by atoms with Crippen LogP contribution in [-0.4, -0.2) is 61.9 Å². The lowest BCUT2D eigenvalue weighted by atomic mass is 9.86. The van der Waals surface area contributed by atoms with Gasteiger partial charge in [0.25, 0.3) is 5.91 Å². The van der Waals surface area contributed by atoms with Crippen LogP contribution >= 0.6 is 0 Å². The summed E-state index contributed by atoms with van der Waals surface area (Å²) < 4.78 is 41.9. The molecule has 3 aliphatic heterocycles. The molecule has 0 aliphatic carbocycles. The molecule has 2 aromatic carbocycles. The minimum atomic E-state index is -0.699. The highest BCUT2D eigenvalue weighted by molar-refractivity contribution is 5.97. The van der Waals surface area contributed by atoms with Crippen LogP contribution in [0.15, 0.2) is 36.4 Å². The fourth-order valence-corrected chi connectivity index (χ4v) is 6.43. The zero-order valence-corrected chi connectivity index (χ0v) is 23.3. The normalized spacial score (nSPS) is 18.8. The van der Waals surface area contributed by atoms with E-state index in [1.165, 1.54) is 11.6 Å². The van der Waals surface area contributed by atoms with Gasteiger partial charge in [0.1, 0.15) is 11.6 Å². The largest absolute Gasteiger partial charge is 0.383 e. The molecule has 0 spiro atoms. The number of piperidine rings is 1. The van der Waals surface area contributed by atoms with Crippen LogP contribution < -0.4 is 11.1 Å². The highest BCUT2D eigenvalue weighted by Crippen LogP contribution is 2.37. The number of aromatic nitrogens is 1. The highest BCUT2D eigenvalue weighted by Gasteiger charge is 2.25. The number of nitrogens with zero attached hydrogens (tertiary/aromatic N) is 2. The predicted octanol–water partition coefficient (Wildman–Crippen LogP) is 5.07. The molecule has 0 atom stereocenters. The van der Waals surface area contributed by atoms with Gasteiger partial charge < -0.3 is 20.5 Å². The summed E-state index contributed by atoms with van der Waals surface area (Å²) in [4.78, 5) is 18.6. The minimum Gasteiger partial charge on any atom is -0.383 e. The molecule has 3 aliphatic rings. The Kier molecular flexibility index (Phi) is 8.01. The van der Waals surface area contributed by atoms with Gasteiger partial charge in [-0.15, -0.1) is 0 Å². The maximum atomic E-state index is 15.4. The summed E-state index contributed by atoms with van der Waals surface area (Å²) in [6, 6.07) is 10.6. The van der Waals surface area contributed by atoms with Crippen molar-refractivity contribution in [2.45, 2.75) is 50.7 Å². The van der Waals surface area contributed by atoms with Crippen LogP contribution in [0.2, 0.25) is 0 Å². The number of anilines is 1. The third-order valence-electron chi connectivity index (χ3n) is 8.79. The van der Waals surface area contributed by atoms with Crippen molar-refractivity contribution in [3.63, 3.8) is 0 Å². The first-order valence-corrected chi connectivity index (χ1v) is 14.4. The molecule has 7 nitrogen and oxygen atoms in total. The van der Waals surface area contributed by atoms with Crippen molar-refractivity contribution >= 4 is 11.7 Å². The molecule has 2 saturated heterocycles. The van der Waals surface area contributed by atoms with Gasteiger partial charge in [0.15, 0.2) is 0 Å². The van der Waals surface area contributed by atoms with E-state index in [0.717, 1.165) is 69.7 Å². The second-order valence-electron chi connectivity index (χ2n) is 11.3. The zero-order valence-electron chi connectivity index (χ0n) is 23.3. The van der Waals surface area contributed by atoms with E-state index >= 15 is 8.78 Å². The molecule has 1 aromatic heterocycles. The first-order chi connectivity index (χ1) is 19.9. The number of hydrogen-bond acceptors (Lipinski definition) is 6. The van der Waals surface area contributed by atoms with Gasteiger partial charge in [-0.1, -0.05) is 12.1 Å². The van der Waals surface area contributed by atoms with Gasteiger partial charge in [-0.3, -0.25) is 9.69 Å². The van der Waals surface area contributed by atoms with E-state index in [4.69, 9.17) is 15.2 Å². The maximum Gasteiger partial charge on any atom is 0.251 e. The Balaban J connectivity index is 1.38. The molecule has 4 heterocycles. The van der Waals surface area contributed by atoms with E-state index in [1.54, 1.807) is 19.2 Å². The SMILES string of the molecule is COC1CCN(Cc2cc(-c3cc(-c4cc5c(cc4F)C(=O)NCC5)c(N)nc3F)ccc2C2CCOCC2)CC1. The molecule has 0 bridgehead atoms. The minimum absolute atomic E-state index is 0.0922. The molecule has 3 aromatic rings. The van der Waals surface area contributed by atoms with Gasteiger partial charge in [-0.25, -0.2) is 9.37 Å². The fraction of sp³-hybridized carbons (Fsp3) is 0.438. The van der Waals surface area contributed by atoms with Gasteiger partial charge in [-0.05, 0) is 84.5 Å². The number of nitrogens with two attached hydrogens (primary N) is 1. The van der Waals surface area contributed by atoms with Crippen molar-refractivity contribution < 1.29 is 23.0 Å². The lowest BCUT2D eigenvalue weighted by Gasteiger charge is -2.33. The Bertz CT molecular complexity index is 1450. The number of carbonyl (C=O) groups is 1. The smallest absolute Gasteiger partial charge is 0.251 e. The monoisotopic (exact) mass is 562 g/mol. The van der Waals surface area contributed by atoms with Crippen LogP contribution in [0.3, 0.4) is 0 Å². The third-order valence-corrected chi connectivity index (χ3v) is 8.79. The number of pyridine rings is 1. The number of ether oxygens (including phenoxy) is 2. The van der Waals surface area contributed by atoms with E-state index < -0.39 is 11.8 Å². The molecule has 216 valence electrons. The second kappa shape index (κ2) is 11.8. The van der Waals surface area contributed by atoms with Crippen LogP contribution in [0.25, 0.3) is 22.3 Å². The fourth-order valence-electron chi connectivity index (χ4n) is 6.43. The van der Waals surface area contributed by atoms with Gasteiger partial charge in [0, 0.05) is 68.8 Å². The van der Waals surface area contributed by atoms with Crippen molar-refractivity contribution in [1.29, 1.82) is 0 Å². The highest BCUT2D eigenvalue weighted by atomic mass is 19.1. The summed E-state index contributed by atoms with van der Waals surface area (Å²) in [6.45, 7) is 4.58. The Morgan fingerprint density at radius 1 is 1.02 bits per heavy atom. The van der Waals surface area contributed by atoms with E-state index in [0.29, 0.717) is 41.7 Å². The van der Waals surface area contributed by atoms with E-state index in [-0.39, 0.29) is 22.9 Å². The van der Waals surface area contributed by atoms with Crippen LogP contribution in [-0.2, 0) is 22.4 Å². The van der Waals surface area contributed by atoms with Gasteiger partial charge in [0.2, 0.25) is 5.95 Å². The number of amides is 1. The lowest BCUT2D eigenvalue weighted by molar-refractivity contribution is 0.0386. The van der Waals surface area contributed by atoms with Crippen LogP contribution in [0.1, 0.15) is 58.6 Å². The topological polar surface area (TPSA) is 89.7 Å². The predicted molar refractivity (Wildman–Crippen MR) is 154 cm³/mol. The number of nitrogen functional groups attached to an aromatic ring is 1. The summed E-state index contributed by atoms with van der Waals surface area (Å²) >= 11 is 0. The van der Waals surface area contributed by atoms with Crippen molar-refractivity contribution in [2.75, 3.05) is 45.7 Å².